The van der Waals surface area contributed by atoms with Crippen molar-refractivity contribution in [1.29, 1.82) is 0 Å². The fraction of sp³-hybridized carbons (Fsp3) is 0.300. The first-order chi connectivity index (χ1) is 16.3. The van der Waals surface area contributed by atoms with Crippen molar-refractivity contribution in [2.45, 2.75) is 13.8 Å². The second kappa shape index (κ2) is 12.4. The van der Waals surface area contributed by atoms with Crippen molar-refractivity contribution in [1.82, 2.24) is 4.98 Å². The normalized spacial score (nSPS) is 10.8. The van der Waals surface area contributed by atoms with Gasteiger partial charge in [-0.15, -0.1) is 0 Å². The Bertz CT molecular complexity index is 1060. The van der Waals surface area contributed by atoms with Crippen molar-refractivity contribution >= 4 is 46.5 Å². The summed E-state index contributed by atoms with van der Waals surface area (Å²) in [6, 6.07) is 7.67. The maximum absolute atomic E-state index is 11.7. The van der Waals surface area contributed by atoms with Crippen molar-refractivity contribution in [2.24, 2.45) is 5.16 Å². The number of carbonyl (C=O) groups excluding carboxylic acids is 2. The fourth-order valence-corrected chi connectivity index (χ4v) is 2.69. The van der Waals surface area contributed by atoms with Crippen LogP contribution in [-0.2, 0) is 9.47 Å². The zero-order valence-corrected chi connectivity index (χ0v) is 18.5. The van der Waals surface area contributed by atoms with Crippen molar-refractivity contribution in [3.63, 3.8) is 0 Å². The van der Waals surface area contributed by atoms with Gasteiger partial charge in [-0.05, 0) is 38.1 Å². The molecule has 0 atom stereocenters. The molecule has 0 aliphatic rings. The van der Waals surface area contributed by atoms with E-state index in [0.717, 1.165) is 0 Å². The van der Waals surface area contributed by atoms with E-state index in [0.29, 0.717) is 11.3 Å². The van der Waals surface area contributed by atoms with Gasteiger partial charge in [-0.25, -0.2) is 14.6 Å². The van der Waals surface area contributed by atoms with Crippen LogP contribution in [-0.4, -0.2) is 59.2 Å². The number of nitrogens with one attached hydrogen (secondary N) is 3. The van der Waals surface area contributed by atoms with Crippen LogP contribution in [0.5, 0.6) is 0 Å². The summed E-state index contributed by atoms with van der Waals surface area (Å²) in [7, 11) is 0. The van der Waals surface area contributed by atoms with Gasteiger partial charge in [0.25, 0.3) is 0 Å². The molecule has 34 heavy (non-hydrogen) atoms. The van der Waals surface area contributed by atoms with Gasteiger partial charge in [0.1, 0.15) is 11.5 Å². The Morgan fingerprint density at radius 1 is 1.15 bits per heavy atom. The summed E-state index contributed by atoms with van der Waals surface area (Å²) in [4.78, 5) is 37.8. The van der Waals surface area contributed by atoms with E-state index in [1.807, 2.05) is 0 Å². The average molecular weight is 475 g/mol. The zero-order chi connectivity index (χ0) is 25.1. The lowest BCUT2D eigenvalue weighted by Crippen LogP contribution is -2.23. The van der Waals surface area contributed by atoms with E-state index in [9.17, 15) is 24.9 Å². The third-order valence-corrected chi connectivity index (χ3v) is 4.22. The van der Waals surface area contributed by atoms with Gasteiger partial charge in [-0.2, -0.15) is 0 Å². The number of rotatable bonds is 11. The molecule has 1 amide bonds. The van der Waals surface area contributed by atoms with Crippen LogP contribution in [0.3, 0.4) is 0 Å². The molecule has 0 saturated heterocycles. The highest BCUT2D eigenvalue weighted by Crippen LogP contribution is 2.32. The largest absolute Gasteiger partial charge is 0.462 e. The van der Waals surface area contributed by atoms with Gasteiger partial charge in [0.2, 0.25) is 5.82 Å². The molecule has 1 aromatic heterocycles. The summed E-state index contributed by atoms with van der Waals surface area (Å²) in [6.45, 7) is 3.68. The molecule has 0 fully saturated rings. The highest BCUT2D eigenvalue weighted by molar-refractivity contribution is 5.93. The maximum atomic E-state index is 11.7. The summed E-state index contributed by atoms with van der Waals surface area (Å²) < 4.78 is 9.68. The number of hydrogen-bond donors (Lipinski definition) is 5. The third-order valence-electron chi connectivity index (χ3n) is 4.22. The van der Waals surface area contributed by atoms with Crippen LogP contribution >= 0.6 is 0 Å². The third kappa shape index (κ3) is 7.22. The highest BCUT2D eigenvalue weighted by atomic mass is 16.6. The molecule has 182 valence electrons. The smallest absolute Gasteiger partial charge is 0.412 e. The Kier molecular flexibility index (Phi) is 9.37. The molecule has 0 spiro atoms. The second-order valence-corrected chi connectivity index (χ2v) is 6.56. The predicted molar refractivity (Wildman–Crippen MR) is 125 cm³/mol. The Labute approximate surface area is 194 Å². The number of oxime groups is 1. The summed E-state index contributed by atoms with van der Waals surface area (Å²) in [6.07, 6.45) is -0.801. The summed E-state index contributed by atoms with van der Waals surface area (Å²) in [5, 5.41) is 32.0. The minimum absolute atomic E-state index is 0.0516. The minimum Gasteiger partial charge on any atom is -0.462 e. The molecule has 1 aromatic carbocycles. The second-order valence-electron chi connectivity index (χ2n) is 6.56. The van der Waals surface area contributed by atoms with Gasteiger partial charge < -0.3 is 31.0 Å². The number of nitrogens with zero attached hydrogens (tertiary/aromatic N) is 3. The van der Waals surface area contributed by atoms with Gasteiger partial charge in [-0.1, -0.05) is 5.16 Å². The number of amides is 1. The number of benzene rings is 1. The first-order valence-electron chi connectivity index (χ1n) is 10.1. The Morgan fingerprint density at radius 3 is 2.38 bits per heavy atom. The molecule has 0 radical (unpaired) electrons. The van der Waals surface area contributed by atoms with Crippen LogP contribution in [0.2, 0.25) is 0 Å². The standard InChI is InChI=1S/C20H25N7O7/c1-3-33-19(28)12-5-7-13(8-6-12)22-10-14(26-30)11-23-15-9-16(25-20(29)34-4-2)24-18(21)17(15)27(31)32/h5-9,22,30H,3-4,10-11H2,1-2H3,(H4,21,23,24,25,29). The minimum atomic E-state index is -0.801. The van der Waals surface area contributed by atoms with Crippen LogP contribution in [0.15, 0.2) is 35.5 Å². The van der Waals surface area contributed by atoms with Gasteiger partial charge >= 0.3 is 17.7 Å². The Morgan fingerprint density at radius 2 is 1.79 bits per heavy atom. The maximum Gasteiger partial charge on any atom is 0.412 e. The van der Waals surface area contributed by atoms with E-state index in [1.165, 1.54) is 6.07 Å². The molecule has 0 unspecified atom stereocenters. The number of nitrogen functional groups attached to an aromatic ring is 1. The van der Waals surface area contributed by atoms with Crippen LogP contribution in [0.4, 0.5) is 33.5 Å². The fourth-order valence-electron chi connectivity index (χ4n) is 2.69. The summed E-state index contributed by atoms with van der Waals surface area (Å²) >= 11 is 0. The Hall–Kier alpha value is -4.62. The number of pyridine rings is 1. The number of esters is 1. The first-order valence-corrected chi connectivity index (χ1v) is 10.1. The van der Waals surface area contributed by atoms with E-state index >= 15 is 0 Å². The lowest BCUT2D eigenvalue weighted by molar-refractivity contribution is -0.383. The predicted octanol–water partition coefficient (Wildman–Crippen LogP) is 2.67. The molecular formula is C20H25N7O7. The van der Waals surface area contributed by atoms with Gasteiger partial charge in [0.15, 0.2) is 0 Å². The molecule has 14 nitrogen and oxygen atoms in total. The van der Waals surface area contributed by atoms with E-state index < -0.39 is 28.5 Å². The molecule has 2 aromatic rings. The van der Waals surface area contributed by atoms with Gasteiger partial charge in [-0.3, -0.25) is 15.4 Å². The van der Waals surface area contributed by atoms with Crippen LogP contribution in [0, 0.1) is 10.1 Å². The molecule has 1 heterocycles. The number of ether oxygens (including phenoxy) is 2. The van der Waals surface area contributed by atoms with Gasteiger partial charge in [0.05, 0.1) is 42.5 Å². The van der Waals surface area contributed by atoms with E-state index in [-0.39, 0.29) is 43.5 Å². The number of aromatic nitrogens is 1. The van der Waals surface area contributed by atoms with Gasteiger partial charge in [0, 0.05) is 11.8 Å². The van der Waals surface area contributed by atoms with E-state index in [4.69, 9.17) is 15.2 Å². The molecular weight excluding hydrogens is 450 g/mol. The monoisotopic (exact) mass is 475 g/mol. The molecule has 0 bridgehead atoms. The van der Waals surface area contributed by atoms with Crippen LogP contribution in [0.1, 0.15) is 24.2 Å². The molecule has 14 heteroatoms. The van der Waals surface area contributed by atoms with Crippen molar-refractivity contribution in [2.75, 3.05) is 48.0 Å². The quantitative estimate of drug-likeness (QED) is 0.105. The van der Waals surface area contributed by atoms with Crippen LogP contribution < -0.4 is 21.7 Å². The topological polar surface area (TPSA) is 203 Å². The lowest BCUT2D eigenvalue weighted by atomic mass is 10.2. The van der Waals surface area contributed by atoms with E-state index in [2.05, 4.69) is 26.1 Å². The molecule has 6 N–H and O–H groups in total. The SMILES string of the molecule is CCOC(=O)Nc1cc(NCC(CNc2ccc(C(=O)OCC)cc2)=NO)c([N+](=O)[O-])c(N)n1. The van der Waals surface area contributed by atoms with Crippen molar-refractivity contribution in [3.8, 4) is 0 Å². The number of carbonyl (C=O) groups is 2. The number of nitro groups is 1. The average Bonchev–Trinajstić information content (AvgIpc) is 2.79. The first kappa shape index (κ1) is 25.6. The molecule has 0 aliphatic carbocycles. The number of hydrogen-bond acceptors (Lipinski definition) is 12. The highest BCUT2D eigenvalue weighted by Gasteiger charge is 2.22. The Balaban J connectivity index is 2.06. The van der Waals surface area contributed by atoms with Crippen molar-refractivity contribution < 1.29 is 29.2 Å². The lowest BCUT2D eigenvalue weighted by Gasteiger charge is -2.13. The molecule has 2 rings (SSSR count). The zero-order valence-electron chi connectivity index (χ0n) is 18.5. The molecule has 0 aliphatic heterocycles. The number of anilines is 4. The molecule has 0 saturated carbocycles. The number of nitrogens with two attached hydrogens (primary N) is 1. The summed E-state index contributed by atoms with van der Waals surface area (Å²) in [5.41, 5.74) is 6.35. The van der Waals surface area contributed by atoms with E-state index in [1.54, 1.807) is 38.1 Å². The van der Waals surface area contributed by atoms with Crippen LogP contribution in [0.25, 0.3) is 0 Å². The summed E-state index contributed by atoms with van der Waals surface area (Å²) in [5.74, 6) is -0.929. The van der Waals surface area contributed by atoms with Crippen molar-refractivity contribution in [3.05, 3.63) is 46.0 Å².